The van der Waals surface area contributed by atoms with E-state index in [1.54, 1.807) is 6.20 Å². The highest BCUT2D eigenvalue weighted by atomic mass is 32.2. The third-order valence-corrected chi connectivity index (χ3v) is 6.20. The Hall–Kier alpha value is -1.10. The van der Waals surface area contributed by atoms with Gasteiger partial charge in [-0.15, -0.1) is 28.6 Å². The average molecular weight is 331 g/mol. The van der Waals surface area contributed by atoms with Gasteiger partial charge in [-0.1, -0.05) is 4.49 Å². The molecule has 7 nitrogen and oxygen atoms in total. The zero-order valence-electron chi connectivity index (χ0n) is 9.92. The molecule has 0 aliphatic carbocycles. The largest absolute Gasteiger partial charge is 0.477 e. The van der Waals surface area contributed by atoms with Crippen molar-refractivity contribution in [3.63, 3.8) is 0 Å². The number of carbonyl (C=O) groups is 2. The van der Waals surface area contributed by atoms with Crippen molar-refractivity contribution in [1.29, 1.82) is 0 Å². The maximum atomic E-state index is 11.6. The van der Waals surface area contributed by atoms with Gasteiger partial charge in [0.2, 0.25) is 0 Å². The number of aromatic nitrogens is 2. The Balaban J connectivity index is 1.82. The number of hydrogen-bond acceptors (Lipinski definition) is 8. The van der Waals surface area contributed by atoms with E-state index in [0.717, 1.165) is 4.21 Å². The van der Waals surface area contributed by atoms with E-state index in [2.05, 4.69) is 9.59 Å². The molecule has 1 aromatic heterocycles. The Morgan fingerprint density at radius 2 is 2.40 bits per heavy atom. The van der Waals surface area contributed by atoms with Crippen LogP contribution in [-0.2, 0) is 9.59 Å². The van der Waals surface area contributed by atoms with Crippen LogP contribution in [0.1, 0.15) is 0 Å². The van der Waals surface area contributed by atoms with Gasteiger partial charge in [-0.3, -0.25) is 9.69 Å². The van der Waals surface area contributed by atoms with Gasteiger partial charge in [0, 0.05) is 11.5 Å². The van der Waals surface area contributed by atoms with Crippen LogP contribution in [0.4, 0.5) is 0 Å². The van der Waals surface area contributed by atoms with Crippen LogP contribution in [0, 0.1) is 0 Å². The Labute approximate surface area is 126 Å². The third kappa shape index (κ3) is 2.22. The van der Waals surface area contributed by atoms with E-state index in [9.17, 15) is 19.8 Å². The molecule has 2 atom stereocenters. The number of thioether (sulfide) groups is 2. The van der Waals surface area contributed by atoms with E-state index in [1.807, 2.05) is 0 Å². The SMILES string of the molecule is O=C(O)C1=C(CSc2cnns2)CS[C@H]2[C@H](O)C(=O)N12. The van der Waals surface area contributed by atoms with Gasteiger partial charge in [0.15, 0.2) is 6.10 Å². The molecule has 2 aliphatic rings. The Morgan fingerprint density at radius 3 is 3.05 bits per heavy atom. The number of carbonyl (C=O) groups excluding carboxylic acids is 1. The summed E-state index contributed by atoms with van der Waals surface area (Å²) in [5.41, 5.74) is 0.687. The molecule has 3 heterocycles. The van der Waals surface area contributed by atoms with Gasteiger partial charge in [-0.05, 0) is 17.1 Å². The summed E-state index contributed by atoms with van der Waals surface area (Å²) >= 11 is 4.07. The first-order valence-electron chi connectivity index (χ1n) is 5.58. The minimum atomic E-state index is -1.13. The number of carboxylic acid groups (broad SMARTS) is 1. The molecule has 0 saturated carbocycles. The summed E-state index contributed by atoms with van der Waals surface area (Å²) in [5, 5.41) is 22.1. The monoisotopic (exact) mass is 331 g/mol. The smallest absolute Gasteiger partial charge is 0.352 e. The minimum Gasteiger partial charge on any atom is -0.477 e. The van der Waals surface area contributed by atoms with Gasteiger partial charge in [-0.2, -0.15) is 0 Å². The summed E-state index contributed by atoms with van der Waals surface area (Å²) in [5.74, 6) is -0.715. The molecule has 0 radical (unpaired) electrons. The molecule has 0 unspecified atom stereocenters. The van der Waals surface area contributed by atoms with Gasteiger partial charge < -0.3 is 10.2 Å². The summed E-state index contributed by atoms with van der Waals surface area (Å²) < 4.78 is 4.63. The molecule has 1 fully saturated rings. The zero-order valence-corrected chi connectivity index (χ0v) is 12.4. The molecule has 0 aromatic carbocycles. The quantitative estimate of drug-likeness (QED) is 0.597. The number of aliphatic carboxylic acids is 1. The van der Waals surface area contributed by atoms with Gasteiger partial charge in [-0.25, -0.2) is 4.79 Å². The molecule has 1 saturated heterocycles. The van der Waals surface area contributed by atoms with Gasteiger partial charge in [0.05, 0.1) is 6.20 Å². The van der Waals surface area contributed by atoms with Crippen molar-refractivity contribution in [2.75, 3.05) is 11.5 Å². The van der Waals surface area contributed by atoms with E-state index < -0.39 is 23.4 Å². The van der Waals surface area contributed by atoms with Gasteiger partial charge >= 0.3 is 5.97 Å². The molecule has 2 N–H and O–H groups in total. The number of aliphatic hydroxyl groups excluding tert-OH is 1. The maximum absolute atomic E-state index is 11.6. The fourth-order valence-electron chi connectivity index (χ4n) is 2.02. The lowest BCUT2D eigenvalue weighted by Gasteiger charge is -2.47. The van der Waals surface area contributed by atoms with Gasteiger partial charge in [0.1, 0.15) is 15.3 Å². The molecule has 0 spiro atoms. The zero-order chi connectivity index (χ0) is 14.3. The first kappa shape index (κ1) is 13.9. The lowest BCUT2D eigenvalue weighted by atomic mass is 10.1. The summed E-state index contributed by atoms with van der Waals surface area (Å²) in [4.78, 5) is 24.2. The predicted molar refractivity (Wildman–Crippen MR) is 74.4 cm³/mol. The summed E-state index contributed by atoms with van der Waals surface area (Å²) in [6.07, 6.45) is 0.530. The second-order valence-corrected chi connectivity index (χ2v) is 7.30. The van der Waals surface area contributed by atoms with Crippen molar-refractivity contribution in [2.24, 2.45) is 0 Å². The molecule has 1 aromatic rings. The first-order valence-corrected chi connectivity index (χ1v) is 8.38. The lowest BCUT2D eigenvalue weighted by molar-refractivity contribution is -0.159. The second-order valence-electron chi connectivity index (χ2n) is 4.14. The van der Waals surface area contributed by atoms with Crippen LogP contribution < -0.4 is 0 Å². The number of carboxylic acids is 1. The normalized spacial score (nSPS) is 25.4. The van der Waals surface area contributed by atoms with Crippen LogP contribution in [0.5, 0.6) is 0 Å². The number of β-lactam (4-membered cyclic amide) rings is 1. The fraction of sp³-hybridized carbons (Fsp3) is 0.400. The maximum Gasteiger partial charge on any atom is 0.352 e. The minimum absolute atomic E-state index is 0.00836. The fourth-order valence-corrected chi connectivity index (χ4v) is 4.85. The van der Waals surface area contributed by atoms with Crippen molar-refractivity contribution in [1.82, 2.24) is 14.5 Å². The number of fused-ring (bicyclic) bond motifs is 1. The van der Waals surface area contributed by atoms with Crippen LogP contribution in [0.3, 0.4) is 0 Å². The Bertz CT molecular complexity index is 589. The first-order chi connectivity index (χ1) is 9.59. The number of nitrogens with zero attached hydrogens (tertiary/aromatic N) is 3. The van der Waals surface area contributed by atoms with Crippen molar-refractivity contribution in [3.05, 3.63) is 17.5 Å². The summed E-state index contributed by atoms with van der Waals surface area (Å²) in [6.45, 7) is 0. The highest BCUT2D eigenvalue weighted by Gasteiger charge is 2.52. The van der Waals surface area contributed by atoms with Crippen LogP contribution in [0.15, 0.2) is 21.7 Å². The van der Waals surface area contributed by atoms with Crippen molar-refractivity contribution in [2.45, 2.75) is 15.7 Å². The van der Waals surface area contributed by atoms with Crippen LogP contribution >= 0.6 is 35.1 Å². The summed E-state index contributed by atoms with van der Waals surface area (Å²) in [7, 11) is 0. The second kappa shape index (κ2) is 5.35. The number of rotatable bonds is 4. The van der Waals surface area contributed by atoms with E-state index in [0.29, 0.717) is 17.1 Å². The number of amides is 1. The van der Waals surface area contributed by atoms with Crippen molar-refractivity contribution < 1.29 is 19.8 Å². The van der Waals surface area contributed by atoms with Crippen molar-refractivity contribution in [3.8, 4) is 0 Å². The molecule has 20 heavy (non-hydrogen) atoms. The number of hydrogen-bond donors (Lipinski definition) is 2. The molecular weight excluding hydrogens is 322 g/mol. The van der Waals surface area contributed by atoms with E-state index in [1.165, 1.54) is 40.0 Å². The van der Waals surface area contributed by atoms with E-state index >= 15 is 0 Å². The Morgan fingerprint density at radius 1 is 1.60 bits per heavy atom. The van der Waals surface area contributed by atoms with Crippen LogP contribution in [-0.4, -0.2) is 59.6 Å². The van der Waals surface area contributed by atoms with E-state index in [4.69, 9.17) is 0 Å². The molecule has 10 heteroatoms. The molecule has 106 valence electrons. The average Bonchev–Trinajstić information content (AvgIpc) is 2.96. The highest BCUT2D eigenvalue weighted by Crippen LogP contribution is 2.41. The van der Waals surface area contributed by atoms with Crippen molar-refractivity contribution >= 4 is 46.9 Å². The third-order valence-electron chi connectivity index (χ3n) is 2.95. The standard InChI is InChI=1S/C10H9N3O4S3/c14-7-8(15)13-6(10(16)17)4(3-19-9(7)13)2-18-5-1-11-12-20-5/h1,7,9,14H,2-3H2,(H,16,17)/t7-,9+/m1/s1. The lowest BCUT2D eigenvalue weighted by Crippen LogP contribution is -2.64. The molecule has 2 aliphatic heterocycles. The van der Waals surface area contributed by atoms with Crippen LogP contribution in [0.25, 0.3) is 0 Å². The molecular formula is C10H9N3O4S3. The summed E-state index contributed by atoms with van der Waals surface area (Å²) in [6, 6.07) is 0. The topological polar surface area (TPSA) is 104 Å². The van der Waals surface area contributed by atoms with Crippen LogP contribution in [0.2, 0.25) is 0 Å². The van der Waals surface area contributed by atoms with Gasteiger partial charge in [0.25, 0.3) is 5.91 Å². The van der Waals surface area contributed by atoms with E-state index in [-0.39, 0.29) is 5.70 Å². The number of aliphatic hydroxyl groups is 1. The molecule has 1 amide bonds. The Kier molecular flexibility index (Phi) is 3.71. The molecule has 3 rings (SSSR count). The molecule has 0 bridgehead atoms. The highest BCUT2D eigenvalue weighted by molar-refractivity contribution is 8.01. The predicted octanol–water partition coefficient (Wildman–Crippen LogP) is 0.245.